The number of hydrogen-bond acceptors (Lipinski definition) is 1. The van der Waals surface area contributed by atoms with Gasteiger partial charge in [0.15, 0.2) is 0 Å². The minimum Gasteiger partial charge on any atom is -0.398 e. The maximum atomic E-state index is 6.08. The molecule has 0 atom stereocenters. The Labute approximate surface area is 112 Å². The fraction of sp³-hybridized carbons (Fsp3) is 0.647. The molecule has 2 rings (SSSR count). The van der Waals surface area contributed by atoms with Gasteiger partial charge in [-0.05, 0) is 49.1 Å². The number of para-hydroxylation sites is 1. The van der Waals surface area contributed by atoms with E-state index >= 15 is 0 Å². The van der Waals surface area contributed by atoms with Crippen LogP contribution in [0.2, 0.25) is 0 Å². The van der Waals surface area contributed by atoms with E-state index < -0.39 is 0 Å². The summed E-state index contributed by atoms with van der Waals surface area (Å²) in [6.45, 7) is 2.29. The van der Waals surface area contributed by atoms with Gasteiger partial charge < -0.3 is 5.73 Å². The third kappa shape index (κ3) is 3.51. The maximum Gasteiger partial charge on any atom is 0.0349 e. The molecule has 1 saturated carbocycles. The molecule has 0 saturated heterocycles. The van der Waals surface area contributed by atoms with Gasteiger partial charge in [0.05, 0.1) is 0 Å². The fourth-order valence-electron chi connectivity index (χ4n) is 3.33. The first kappa shape index (κ1) is 13.5. The third-order valence-corrected chi connectivity index (χ3v) is 4.50. The monoisotopic (exact) mass is 245 g/mol. The predicted octanol–water partition coefficient (Wildman–Crippen LogP) is 5.12. The minimum absolute atomic E-state index is 0.716. The van der Waals surface area contributed by atoms with Gasteiger partial charge in [-0.25, -0.2) is 0 Å². The Hall–Kier alpha value is -0.980. The second-order valence-electron chi connectivity index (χ2n) is 5.84. The van der Waals surface area contributed by atoms with Crippen LogP contribution in [0.1, 0.15) is 69.8 Å². The van der Waals surface area contributed by atoms with Gasteiger partial charge in [-0.3, -0.25) is 0 Å². The number of anilines is 1. The molecule has 1 aromatic carbocycles. The molecule has 0 aromatic heterocycles. The molecule has 0 heterocycles. The molecule has 1 aliphatic rings. The fourth-order valence-corrected chi connectivity index (χ4v) is 3.33. The van der Waals surface area contributed by atoms with Crippen LogP contribution < -0.4 is 5.73 Å². The Kier molecular flexibility index (Phi) is 5.10. The van der Waals surface area contributed by atoms with Crippen LogP contribution in [0.25, 0.3) is 0 Å². The Morgan fingerprint density at radius 3 is 2.44 bits per heavy atom. The molecular weight excluding hydrogens is 218 g/mol. The lowest BCUT2D eigenvalue weighted by Gasteiger charge is -2.29. The second kappa shape index (κ2) is 6.82. The van der Waals surface area contributed by atoms with Crippen LogP contribution in [0.5, 0.6) is 0 Å². The lowest BCUT2D eigenvalue weighted by molar-refractivity contribution is 0.303. The Balaban J connectivity index is 1.81. The molecular formula is C17H27N. The van der Waals surface area contributed by atoms with Crippen LogP contribution in [-0.4, -0.2) is 0 Å². The zero-order chi connectivity index (χ0) is 12.8. The molecule has 100 valence electrons. The van der Waals surface area contributed by atoms with E-state index in [0.29, 0.717) is 5.92 Å². The Morgan fingerprint density at radius 1 is 1.06 bits per heavy atom. The zero-order valence-corrected chi connectivity index (χ0v) is 11.7. The van der Waals surface area contributed by atoms with Crippen molar-refractivity contribution in [2.45, 2.75) is 64.2 Å². The normalized spacial score (nSPS) is 24.1. The van der Waals surface area contributed by atoms with Crippen LogP contribution in [0, 0.1) is 5.92 Å². The number of hydrogen-bond donors (Lipinski definition) is 1. The molecule has 2 N–H and O–H groups in total. The minimum atomic E-state index is 0.716. The van der Waals surface area contributed by atoms with Gasteiger partial charge in [0.25, 0.3) is 0 Å². The highest BCUT2D eigenvalue weighted by atomic mass is 14.6. The second-order valence-corrected chi connectivity index (χ2v) is 5.84. The number of unbranched alkanes of at least 4 members (excludes halogenated alkanes) is 2. The predicted molar refractivity (Wildman–Crippen MR) is 79.7 cm³/mol. The highest BCUT2D eigenvalue weighted by Crippen LogP contribution is 2.39. The van der Waals surface area contributed by atoms with Crippen LogP contribution in [0.4, 0.5) is 5.69 Å². The van der Waals surface area contributed by atoms with Gasteiger partial charge in [-0.2, -0.15) is 0 Å². The van der Waals surface area contributed by atoms with Crippen LogP contribution in [-0.2, 0) is 0 Å². The largest absolute Gasteiger partial charge is 0.398 e. The van der Waals surface area contributed by atoms with Gasteiger partial charge in [0, 0.05) is 5.69 Å². The summed E-state index contributed by atoms with van der Waals surface area (Å²) >= 11 is 0. The van der Waals surface area contributed by atoms with Crippen LogP contribution in [0.3, 0.4) is 0 Å². The molecule has 0 amide bonds. The highest BCUT2D eigenvalue weighted by molar-refractivity contribution is 5.48. The van der Waals surface area contributed by atoms with Crippen LogP contribution in [0.15, 0.2) is 24.3 Å². The first-order chi connectivity index (χ1) is 8.81. The Morgan fingerprint density at radius 2 is 1.78 bits per heavy atom. The average molecular weight is 245 g/mol. The van der Waals surface area contributed by atoms with Crippen molar-refractivity contribution in [2.24, 2.45) is 5.92 Å². The summed E-state index contributed by atoms with van der Waals surface area (Å²) in [6, 6.07) is 8.42. The van der Waals surface area contributed by atoms with Crippen molar-refractivity contribution < 1.29 is 0 Å². The first-order valence-corrected chi connectivity index (χ1v) is 7.65. The molecule has 0 bridgehead atoms. The summed E-state index contributed by atoms with van der Waals surface area (Å²) < 4.78 is 0. The van der Waals surface area contributed by atoms with E-state index in [1.54, 1.807) is 0 Å². The number of rotatable bonds is 5. The maximum absolute atomic E-state index is 6.08. The van der Waals surface area contributed by atoms with Crippen LogP contribution >= 0.6 is 0 Å². The van der Waals surface area contributed by atoms with Crippen molar-refractivity contribution >= 4 is 5.69 Å². The quantitative estimate of drug-likeness (QED) is 0.565. The van der Waals surface area contributed by atoms with Crippen molar-refractivity contribution in [3.8, 4) is 0 Å². The van der Waals surface area contributed by atoms with Crippen molar-refractivity contribution in [2.75, 3.05) is 5.73 Å². The molecule has 1 aliphatic carbocycles. The summed E-state index contributed by atoms with van der Waals surface area (Å²) in [7, 11) is 0. The Bertz CT molecular complexity index is 350. The third-order valence-electron chi connectivity index (χ3n) is 4.50. The standard InChI is InChI=1S/C17H27N/c1-2-3-4-7-14-10-12-15(13-11-14)16-8-5-6-9-17(16)18/h5-6,8-9,14-15H,2-4,7,10-13,18H2,1H3. The molecule has 1 fully saturated rings. The summed E-state index contributed by atoms with van der Waals surface area (Å²) in [6.07, 6.45) is 11.1. The molecule has 1 nitrogen and oxygen atoms in total. The molecule has 0 unspecified atom stereocenters. The first-order valence-electron chi connectivity index (χ1n) is 7.65. The molecule has 0 aliphatic heterocycles. The zero-order valence-electron chi connectivity index (χ0n) is 11.7. The lowest BCUT2D eigenvalue weighted by atomic mass is 9.76. The van der Waals surface area contributed by atoms with Gasteiger partial charge >= 0.3 is 0 Å². The molecule has 1 aromatic rings. The summed E-state index contributed by atoms with van der Waals surface area (Å²) in [5, 5.41) is 0. The smallest absolute Gasteiger partial charge is 0.0349 e. The van der Waals surface area contributed by atoms with Crippen molar-refractivity contribution in [1.29, 1.82) is 0 Å². The number of nitrogen functional groups attached to an aromatic ring is 1. The average Bonchev–Trinajstić information content (AvgIpc) is 2.41. The van der Waals surface area contributed by atoms with Crippen molar-refractivity contribution in [3.63, 3.8) is 0 Å². The number of nitrogens with two attached hydrogens (primary N) is 1. The molecule has 0 spiro atoms. The van der Waals surface area contributed by atoms with E-state index in [9.17, 15) is 0 Å². The summed E-state index contributed by atoms with van der Waals surface area (Å²) in [5.74, 6) is 1.70. The van der Waals surface area contributed by atoms with Gasteiger partial charge in [-0.15, -0.1) is 0 Å². The summed E-state index contributed by atoms with van der Waals surface area (Å²) in [4.78, 5) is 0. The van der Waals surface area contributed by atoms with E-state index in [1.165, 1.54) is 56.9 Å². The molecule has 1 heteroatoms. The topological polar surface area (TPSA) is 26.0 Å². The number of benzene rings is 1. The van der Waals surface area contributed by atoms with E-state index in [0.717, 1.165) is 11.6 Å². The molecule has 0 radical (unpaired) electrons. The van der Waals surface area contributed by atoms with E-state index in [1.807, 2.05) is 12.1 Å². The van der Waals surface area contributed by atoms with Crippen molar-refractivity contribution in [1.82, 2.24) is 0 Å². The van der Waals surface area contributed by atoms with E-state index in [2.05, 4.69) is 19.1 Å². The van der Waals surface area contributed by atoms with Crippen molar-refractivity contribution in [3.05, 3.63) is 29.8 Å². The van der Waals surface area contributed by atoms with Gasteiger partial charge in [-0.1, -0.05) is 50.8 Å². The highest BCUT2D eigenvalue weighted by Gasteiger charge is 2.22. The van der Waals surface area contributed by atoms with Gasteiger partial charge in [0.1, 0.15) is 0 Å². The van der Waals surface area contributed by atoms with E-state index in [4.69, 9.17) is 5.73 Å². The van der Waals surface area contributed by atoms with E-state index in [-0.39, 0.29) is 0 Å². The lowest BCUT2D eigenvalue weighted by Crippen LogP contribution is -2.14. The molecule has 18 heavy (non-hydrogen) atoms. The summed E-state index contributed by atoms with van der Waals surface area (Å²) in [5.41, 5.74) is 8.47. The SMILES string of the molecule is CCCCCC1CCC(c2ccccc2N)CC1. The van der Waals surface area contributed by atoms with Gasteiger partial charge in [0.2, 0.25) is 0 Å².